The second-order valence-electron chi connectivity index (χ2n) is 8.18. The molecular weight excluding hydrogens is 468 g/mol. The van der Waals surface area contributed by atoms with Gasteiger partial charge in [-0.3, -0.25) is 9.10 Å². The van der Waals surface area contributed by atoms with E-state index in [4.69, 9.17) is 14.2 Å². The van der Waals surface area contributed by atoms with Crippen molar-refractivity contribution in [1.29, 1.82) is 0 Å². The first-order valence-corrected chi connectivity index (χ1v) is 12.5. The van der Waals surface area contributed by atoms with Crippen LogP contribution < -0.4 is 18.5 Å². The third kappa shape index (κ3) is 4.64. The summed E-state index contributed by atoms with van der Waals surface area (Å²) in [4.78, 5) is 15.0. The van der Waals surface area contributed by atoms with Crippen molar-refractivity contribution < 1.29 is 27.4 Å². The zero-order chi connectivity index (χ0) is 25.2. The first-order chi connectivity index (χ1) is 16.8. The van der Waals surface area contributed by atoms with Gasteiger partial charge in [-0.2, -0.15) is 0 Å². The Kier molecular flexibility index (Phi) is 6.88. The molecule has 0 spiro atoms. The van der Waals surface area contributed by atoms with Gasteiger partial charge in [-0.1, -0.05) is 18.2 Å². The molecule has 0 aliphatic carbocycles. The molecule has 0 bridgehead atoms. The number of nitrogens with zero attached hydrogens (tertiary/aromatic N) is 2. The molecule has 35 heavy (non-hydrogen) atoms. The van der Waals surface area contributed by atoms with E-state index in [-0.39, 0.29) is 10.8 Å². The first-order valence-electron chi connectivity index (χ1n) is 11.0. The van der Waals surface area contributed by atoms with Crippen LogP contribution in [0, 0.1) is 0 Å². The summed E-state index contributed by atoms with van der Waals surface area (Å²) in [5.41, 5.74) is 2.75. The Morgan fingerprint density at radius 3 is 2.20 bits per heavy atom. The summed E-state index contributed by atoms with van der Waals surface area (Å²) in [6.45, 7) is 0.659. The normalized spacial score (nSPS) is 12.7. The highest BCUT2D eigenvalue weighted by Crippen LogP contribution is 2.38. The van der Waals surface area contributed by atoms with Crippen LogP contribution in [0.25, 0.3) is 0 Å². The minimum Gasteiger partial charge on any atom is -0.493 e. The fourth-order valence-corrected chi connectivity index (χ4v) is 5.79. The molecule has 0 aromatic heterocycles. The molecule has 0 radical (unpaired) electrons. The van der Waals surface area contributed by atoms with E-state index in [0.29, 0.717) is 48.0 Å². The zero-order valence-electron chi connectivity index (χ0n) is 20.1. The molecule has 4 rings (SSSR count). The molecule has 0 saturated heterocycles. The van der Waals surface area contributed by atoms with Crippen LogP contribution in [0.2, 0.25) is 0 Å². The van der Waals surface area contributed by atoms with Gasteiger partial charge < -0.3 is 19.1 Å². The van der Waals surface area contributed by atoms with Crippen molar-refractivity contribution in [3.8, 4) is 17.2 Å². The second kappa shape index (κ2) is 9.87. The third-order valence-corrected chi connectivity index (χ3v) is 7.83. The number of hydrogen-bond donors (Lipinski definition) is 0. The number of anilines is 1. The molecule has 3 aromatic rings. The molecule has 1 aliphatic heterocycles. The number of rotatable bonds is 8. The van der Waals surface area contributed by atoms with Crippen LogP contribution >= 0.6 is 0 Å². The molecule has 0 saturated carbocycles. The minimum absolute atomic E-state index is 0.175. The van der Waals surface area contributed by atoms with E-state index in [9.17, 15) is 13.2 Å². The highest BCUT2D eigenvalue weighted by molar-refractivity contribution is 7.92. The zero-order valence-corrected chi connectivity index (χ0v) is 21.0. The Bertz CT molecular complexity index is 1320. The largest absolute Gasteiger partial charge is 0.493 e. The van der Waals surface area contributed by atoms with Crippen molar-refractivity contribution in [1.82, 2.24) is 4.90 Å². The maximum atomic E-state index is 13.2. The van der Waals surface area contributed by atoms with Gasteiger partial charge in [-0.05, 0) is 60.0 Å². The van der Waals surface area contributed by atoms with E-state index in [1.165, 1.54) is 11.4 Å². The van der Waals surface area contributed by atoms with Gasteiger partial charge in [0, 0.05) is 25.7 Å². The molecular formula is C26H28N2O6S. The van der Waals surface area contributed by atoms with E-state index in [0.717, 1.165) is 11.1 Å². The van der Waals surface area contributed by atoms with Gasteiger partial charge in [0.05, 0.1) is 31.9 Å². The summed E-state index contributed by atoms with van der Waals surface area (Å²) in [6.07, 6.45) is 0.541. The van der Waals surface area contributed by atoms with Crippen molar-refractivity contribution in [2.45, 2.75) is 17.9 Å². The lowest BCUT2D eigenvalue weighted by molar-refractivity contribution is 0.0784. The van der Waals surface area contributed by atoms with E-state index in [1.807, 2.05) is 0 Å². The number of carbonyl (C=O) groups is 1. The van der Waals surface area contributed by atoms with Crippen molar-refractivity contribution in [3.05, 3.63) is 77.4 Å². The number of amides is 1. The van der Waals surface area contributed by atoms with Crippen LogP contribution in [0.1, 0.15) is 21.5 Å². The van der Waals surface area contributed by atoms with Crippen LogP contribution in [0.4, 0.5) is 5.69 Å². The van der Waals surface area contributed by atoms with E-state index < -0.39 is 10.0 Å². The third-order valence-electron chi connectivity index (χ3n) is 6.00. The van der Waals surface area contributed by atoms with Crippen LogP contribution in [-0.2, 0) is 23.0 Å². The lowest BCUT2D eigenvalue weighted by atomic mass is 10.1. The fourth-order valence-electron chi connectivity index (χ4n) is 4.27. The first kappa shape index (κ1) is 24.4. The average Bonchev–Trinajstić information content (AvgIpc) is 3.32. The lowest BCUT2D eigenvalue weighted by Crippen LogP contribution is -2.29. The molecule has 3 aromatic carbocycles. The topological polar surface area (TPSA) is 85.4 Å². The van der Waals surface area contributed by atoms with Gasteiger partial charge in [0.2, 0.25) is 5.75 Å². The number of sulfonamides is 1. The van der Waals surface area contributed by atoms with Crippen molar-refractivity contribution in [3.63, 3.8) is 0 Å². The van der Waals surface area contributed by atoms with Crippen LogP contribution in [0.3, 0.4) is 0 Å². The molecule has 0 atom stereocenters. The Morgan fingerprint density at radius 1 is 0.943 bits per heavy atom. The Balaban J connectivity index is 1.55. The van der Waals surface area contributed by atoms with E-state index in [2.05, 4.69) is 0 Å². The average molecular weight is 497 g/mol. The monoisotopic (exact) mass is 496 g/mol. The van der Waals surface area contributed by atoms with Crippen LogP contribution in [0.5, 0.6) is 17.2 Å². The van der Waals surface area contributed by atoms with Gasteiger partial charge >= 0.3 is 0 Å². The van der Waals surface area contributed by atoms with Crippen LogP contribution in [0.15, 0.2) is 65.6 Å². The molecule has 8 nitrogen and oxygen atoms in total. The van der Waals surface area contributed by atoms with Crippen molar-refractivity contribution in [2.75, 3.05) is 39.2 Å². The number of benzene rings is 3. The molecule has 1 amide bonds. The van der Waals surface area contributed by atoms with Gasteiger partial charge in [0.1, 0.15) is 0 Å². The maximum Gasteiger partial charge on any atom is 0.264 e. The summed E-state index contributed by atoms with van der Waals surface area (Å²) in [5, 5.41) is 0. The predicted molar refractivity (Wildman–Crippen MR) is 133 cm³/mol. The number of fused-ring (bicyclic) bond motifs is 1. The number of ether oxygens (including phenoxy) is 3. The quantitative estimate of drug-likeness (QED) is 0.472. The molecule has 0 N–H and O–H groups in total. The molecule has 9 heteroatoms. The molecule has 0 unspecified atom stereocenters. The molecule has 184 valence electrons. The smallest absolute Gasteiger partial charge is 0.264 e. The lowest BCUT2D eigenvalue weighted by Gasteiger charge is -2.21. The molecule has 1 heterocycles. The SMILES string of the molecule is COc1cc(CN(C)C(=O)c2ccc3c(c2)CCN3S(=O)(=O)c2ccccc2)cc(OC)c1OC. The highest BCUT2D eigenvalue weighted by Gasteiger charge is 2.31. The summed E-state index contributed by atoms with van der Waals surface area (Å²) in [5.74, 6) is 1.34. The second-order valence-corrected chi connectivity index (χ2v) is 10.0. The van der Waals surface area contributed by atoms with Gasteiger partial charge in [-0.25, -0.2) is 8.42 Å². The summed E-state index contributed by atoms with van der Waals surface area (Å²) in [7, 11) is 2.68. The van der Waals surface area contributed by atoms with Crippen LogP contribution in [-0.4, -0.2) is 54.1 Å². The van der Waals surface area contributed by atoms with Crippen molar-refractivity contribution in [2.24, 2.45) is 0 Å². The van der Waals surface area contributed by atoms with Gasteiger partial charge in [0.15, 0.2) is 11.5 Å². The Labute approximate surface area is 205 Å². The summed E-state index contributed by atoms with van der Waals surface area (Å²) in [6, 6.07) is 17.1. The van der Waals surface area contributed by atoms with Gasteiger partial charge in [0.25, 0.3) is 15.9 Å². The van der Waals surface area contributed by atoms with E-state index in [1.54, 1.807) is 86.8 Å². The number of carbonyl (C=O) groups excluding carboxylic acids is 1. The fraction of sp³-hybridized carbons (Fsp3) is 0.269. The number of hydrogen-bond acceptors (Lipinski definition) is 6. The minimum atomic E-state index is -3.66. The predicted octanol–water partition coefficient (Wildman–Crippen LogP) is 3.74. The highest BCUT2D eigenvalue weighted by atomic mass is 32.2. The standard InChI is InChI=1S/C26H28N2O6S/c1-27(17-18-14-23(32-2)25(34-4)24(15-18)33-3)26(29)20-10-11-22-19(16-20)12-13-28(22)35(30,31)21-8-6-5-7-9-21/h5-11,14-16H,12-13,17H2,1-4H3. The maximum absolute atomic E-state index is 13.2. The molecule has 1 aliphatic rings. The number of methoxy groups -OCH3 is 3. The summed E-state index contributed by atoms with van der Waals surface area (Å²) >= 11 is 0. The van der Waals surface area contributed by atoms with E-state index >= 15 is 0 Å². The van der Waals surface area contributed by atoms with Gasteiger partial charge in [-0.15, -0.1) is 0 Å². The van der Waals surface area contributed by atoms with Crippen molar-refractivity contribution >= 4 is 21.6 Å². The Hall–Kier alpha value is -3.72. The Morgan fingerprint density at radius 2 is 1.60 bits per heavy atom. The summed E-state index contributed by atoms with van der Waals surface area (Å²) < 4.78 is 43.8. The molecule has 0 fully saturated rings.